The molecule has 1 aliphatic carbocycles. The van der Waals surface area contributed by atoms with E-state index in [0.717, 1.165) is 12.8 Å². The summed E-state index contributed by atoms with van der Waals surface area (Å²) in [5.41, 5.74) is 0. The number of carbonyl (C=O) groups is 2. The maximum absolute atomic E-state index is 12.1. The van der Waals surface area contributed by atoms with E-state index in [4.69, 9.17) is 9.63 Å². The Morgan fingerprint density at radius 1 is 1.30 bits per heavy atom. The molecule has 1 amide bonds. The third-order valence-corrected chi connectivity index (χ3v) is 4.12. The molecule has 2 atom stereocenters. The Hall–Kier alpha value is -1.92. The first-order chi connectivity index (χ1) is 9.56. The van der Waals surface area contributed by atoms with Gasteiger partial charge in [0.15, 0.2) is 5.82 Å². The fourth-order valence-corrected chi connectivity index (χ4v) is 2.80. The fourth-order valence-electron chi connectivity index (χ4n) is 2.80. The lowest BCUT2D eigenvalue weighted by Crippen LogP contribution is -2.39. The Bertz CT molecular complexity index is 533. The molecule has 1 aromatic rings. The Balaban J connectivity index is 1.54. The summed E-state index contributed by atoms with van der Waals surface area (Å²) >= 11 is 0. The van der Waals surface area contributed by atoms with Crippen molar-refractivity contribution in [1.29, 1.82) is 0 Å². The van der Waals surface area contributed by atoms with Crippen molar-refractivity contribution in [3.8, 4) is 0 Å². The van der Waals surface area contributed by atoms with Gasteiger partial charge in [-0.2, -0.15) is 4.98 Å². The van der Waals surface area contributed by atoms with Crippen LogP contribution < -0.4 is 0 Å². The molecule has 108 valence electrons. The van der Waals surface area contributed by atoms with Crippen LogP contribution in [0, 0.1) is 18.8 Å². The van der Waals surface area contributed by atoms with Crippen molar-refractivity contribution in [3.63, 3.8) is 0 Å². The lowest BCUT2D eigenvalue weighted by Gasteiger charge is -2.30. The molecule has 0 spiro atoms. The highest BCUT2D eigenvalue weighted by Crippen LogP contribution is 2.41. The van der Waals surface area contributed by atoms with Crippen LogP contribution in [0.15, 0.2) is 4.52 Å². The third kappa shape index (κ3) is 2.39. The van der Waals surface area contributed by atoms with Crippen molar-refractivity contribution in [2.24, 2.45) is 11.8 Å². The first kappa shape index (κ1) is 13.1. The number of aromatic nitrogens is 2. The van der Waals surface area contributed by atoms with Gasteiger partial charge in [-0.1, -0.05) is 5.16 Å². The van der Waals surface area contributed by atoms with Crippen LogP contribution in [-0.4, -0.2) is 45.1 Å². The summed E-state index contributed by atoms with van der Waals surface area (Å²) in [6, 6.07) is 0. The number of carbonyl (C=O) groups excluding carboxylic acids is 1. The zero-order valence-electron chi connectivity index (χ0n) is 11.3. The zero-order valence-corrected chi connectivity index (χ0v) is 11.3. The summed E-state index contributed by atoms with van der Waals surface area (Å²) < 4.78 is 5.17. The normalized spacial score (nSPS) is 26.6. The molecule has 7 nitrogen and oxygen atoms in total. The molecule has 1 N–H and O–H groups in total. The second-order valence-corrected chi connectivity index (χ2v) is 5.57. The second-order valence-electron chi connectivity index (χ2n) is 5.57. The lowest BCUT2D eigenvalue weighted by atomic mass is 9.96. The van der Waals surface area contributed by atoms with Crippen molar-refractivity contribution in [1.82, 2.24) is 15.0 Å². The van der Waals surface area contributed by atoms with E-state index < -0.39 is 11.9 Å². The van der Waals surface area contributed by atoms with Crippen LogP contribution in [0.4, 0.5) is 0 Å². The number of aliphatic carboxylic acids is 1. The lowest BCUT2D eigenvalue weighted by molar-refractivity contribution is -0.142. The summed E-state index contributed by atoms with van der Waals surface area (Å²) in [6.07, 6.45) is 2.06. The van der Waals surface area contributed by atoms with E-state index >= 15 is 0 Å². The number of hydrogen-bond donors (Lipinski definition) is 1. The zero-order chi connectivity index (χ0) is 14.3. The van der Waals surface area contributed by atoms with Gasteiger partial charge in [0, 0.05) is 19.0 Å². The molecule has 2 aliphatic rings. The van der Waals surface area contributed by atoms with Crippen molar-refractivity contribution in [2.75, 3.05) is 13.1 Å². The van der Waals surface area contributed by atoms with Crippen LogP contribution >= 0.6 is 0 Å². The summed E-state index contributed by atoms with van der Waals surface area (Å²) in [6.45, 7) is 3.05. The Morgan fingerprint density at radius 2 is 2.00 bits per heavy atom. The standard InChI is InChI=1S/C13H17N3O4/c1-7-14-11(20-15-7)8-2-4-16(5-3-8)12(17)9-6-10(9)13(18)19/h8-10H,2-6H2,1H3,(H,18,19). The van der Waals surface area contributed by atoms with E-state index in [2.05, 4.69) is 10.1 Å². The second kappa shape index (κ2) is 4.88. The minimum atomic E-state index is -0.862. The number of likely N-dealkylation sites (tertiary alicyclic amines) is 1. The SMILES string of the molecule is Cc1noc(C2CCN(C(=O)C3CC3C(=O)O)CC2)n1. The first-order valence-electron chi connectivity index (χ1n) is 6.88. The number of hydrogen-bond acceptors (Lipinski definition) is 5. The van der Waals surface area contributed by atoms with Crippen LogP contribution in [0.25, 0.3) is 0 Å². The van der Waals surface area contributed by atoms with Gasteiger partial charge in [-0.3, -0.25) is 9.59 Å². The Morgan fingerprint density at radius 3 is 2.50 bits per heavy atom. The molecule has 0 radical (unpaired) electrons. The van der Waals surface area contributed by atoms with Gasteiger partial charge in [0.1, 0.15) is 0 Å². The summed E-state index contributed by atoms with van der Waals surface area (Å²) in [7, 11) is 0. The van der Waals surface area contributed by atoms with Crippen LogP contribution in [-0.2, 0) is 9.59 Å². The topological polar surface area (TPSA) is 96.5 Å². The number of amides is 1. The van der Waals surface area contributed by atoms with E-state index in [9.17, 15) is 9.59 Å². The highest BCUT2D eigenvalue weighted by Gasteiger charge is 2.50. The third-order valence-electron chi connectivity index (χ3n) is 4.12. The number of nitrogens with zero attached hydrogens (tertiary/aromatic N) is 3. The summed E-state index contributed by atoms with van der Waals surface area (Å²) in [5, 5.41) is 12.6. The molecule has 2 unspecified atom stereocenters. The number of carboxylic acid groups (broad SMARTS) is 1. The molecule has 1 aromatic heterocycles. The van der Waals surface area contributed by atoms with Crippen LogP contribution in [0.1, 0.15) is 36.9 Å². The number of aryl methyl sites for hydroxylation is 1. The molecule has 2 fully saturated rings. The molecular formula is C13H17N3O4. The minimum absolute atomic E-state index is 0.0161. The molecule has 7 heteroatoms. The highest BCUT2D eigenvalue weighted by atomic mass is 16.5. The van der Waals surface area contributed by atoms with E-state index in [1.165, 1.54) is 0 Å². The van der Waals surface area contributed by atoms with E-state index in [1.807, 2.05) is 0 Å². The predicted octanol–water partition coefficient (Wildman–Crippen LogP) is 0.805. The van der Waals surface area contributed by atoms with Crippen molar-refractivity contribution in [2.45, 2.75) is 32.1 Å². The van der Waals surface area contributed by atoms with Gasteiger partial charge in [-0.05, 0) is 26.2 Å². The average molecular weight is 279 g/mol. The summed E-state index contributed by atoms with van der Waals surface area (Å²) in [4.78, 5) is 28.9. The van der Waals surface area contributed by atoms with Gasteiger partial charge >= 0.3 is 5.97 Å². The Kier molecular flexibility index (Phi) is 3.19. The molecule has 1 saturated heterocycles. The van der Waals surface area contributed by atoms with E-state index in [0.29, 0.717) is 31.2 Å². The van der Waals surface area contributed by atoms with Gasteiger partial charge < -0.3 is 14.5 Å². The monoisotopic (exact) mass is 279 g/mol. The van der Waals surface area contributed by atoms with Gasteiger partial charge in [-0.15, -0.1) is 0 Å². The molecule has 1 saturated carbocycles. The van der Waals surface area contributed by atoms with E-state index in [1.54, 1.807) is 11.8 Å². The Labute approximate surface area is 115 Å². The van der Waals surface area contributed by atoms with E-state index in [-0.39, 0.29) is 17.7 Å². The number of piperidine rings is 1. The molecule has 3 rings (SSSR count). The van der Waals surface area contributed by atoms with Gasteiger partial charge in [0.05, 0.1) is 11.8 Å². The van der Waals surface area contributed by atoms with Gasteiger partial charge in [0.25, 0.3) is 0 Å². The predicted molar refractivity (Wildman–Crippen MR) is 66.8 cm³/mol. The maximum atomic E-state index is 12.1. The molecule has 20 heavy (non-hydrogen) atoms. The van der Waals surface area contributed by atoms with Crippen LogP contribution in [0.3, 0.4) is 0 Å². The average Bonchev–Trinajstić information content (AvgIpc) is 3.14. The highest BCUT2D eigenvalue weighted by molar-refractivity contribution is 5.89. The molecule has 0 bridgehead atoms. The first-order valence-corrected chi connectivity index (χ1v) is 6.88. The minimum Gasteiger partial charge on any atom is -0.481 e. The smallest absolute Gasteiger partial charge is 0.307 e. The van der Waals surface area contributed by atoms with Crippen molar-refractivity contribution in [3.05, 3.63) is 11.7 Å². The quantitative estimate of drug-likeness (QED) is 0.879. The fraction of sp³-hybridized carbons (Fsp3) is 0.692. The van der Waals surface area contributed by atoms with Crippen molar-refractivity contribution >= 4 is 11.9 Å². The number of rotatable bonds is 3. The molecular weight excluding hydrogens is 262 g/mol. The van der Waals surface area contributed by atoms with Crippen LogP contribution in [0.2, 0.25) is 0 Å². The van der Waals surface area contributed by atoms with Gasteiger partial charge in [-0.25, -0.2) is 0 Å². The largest absolute Gasteiger partial charge is 0.481 e. The van der Waals surface area contributed by atoms with Gasteiger partial charge in [0.2, 0.25) is 11.8 Å². The number of carboxylic acids is 1. The molecule has 2 heterocycles. The maximum Gasteiger partial charge on any atom is 0.307 e. The summed E-state index contributed by atoms with van der Waals surface area (Å²) in [5.74, 6) is -0.189. The van der Waals surface area contributed by atoms with Crippen molar-refractivity contribution < 1.29 is 19.2 Å². The molecule has 0 aromatic carbocycles. The van der Waals surface area contributed by atoms with Crippen LogP contribution in [0.5, 0.6) is 0 Å². The molecule has 1 aliphatic heterocycles.